The van der Waals surface area contributed by atoms with Crippen LogP contribution in [-0.2, 0) is 14.3 Å². The molecular formula is C19H21NO6. The van der Waals surface area contributed by atoms with E-state index in [0.717, 1.165) is 0 Å². The van der Waals surface area contributed by atoms with Crippen molar-refractivity contribution in [3.05, 3.63) is 54.1 Å². The molecule has 2 rings (SSSR count). The fourth-order valence-electron chi connectivity index (χ4n) is 2.01. The number of anilines is 1. The van der Waals surface area contributed by atoms with Gasteiger partial charge in [0.15, 0.2) is 6.61 Å². The van der Waals surface area contributed by atoms with Crippen molar-refractivity contribution in [2.24, 2.45) is 0 Å². The molecule has 1 amide bonds. The highest BCUT2D eigenvalue weighted by atomic mass is 16.6. The van der Waals surface area contributed by atoms with Crippen LogP contribution in [0.4, 0.5) is 5.69 Å². The van der Waals surface area contributed by atoms with Crippen LogP contribution >= 0.6 is 0 Å². The Bertz CT molecular complexity index is 712. The second-order valence-corrected chi connectivity index (χ2v) is 5.22. The minimum Gasteiger partial charge on any atom is -0.497 e. The smallest absolute Gasteiger partial charge is 0.338 e. The molecule has 0 atom stereocenters. The lowest BCUT2D eigenvalue weighted by Crippen LogP contribution is -2.20. The van der Waals surface area contributed by atoms with E-state index < -0.39 is 5.97 Å². The van der Waals surface area contributed by atoms with Crippen molar-refractivity contribution in [2.75, 3.05) is 39.4 Å². The molecule has 0 bridgehead atoms. The third-order valence-electron chi connectivity index (χ3n) is 3.35. The lowest BCUT2D eigenvalue weighted by Gasteiger charge is -2.09. The Balaban J connectivity index is 1.80. The molecule has 2 aromatic carbocycles. The number of amides is 1. The fraction of sp³-hybridized carbons (Fsp3) is 0.263. The van der Waals surface area contributed by atoms with E-state index in [4.69, 9.17) is 18.9 Å². The summed E-state index contributed by atoms with van der Waals surface area (Å²) >= 11 is 0. The van der Waals surface area contributed by atoms with Gasteiger partial charge in [-0.25, -0.2) is 4.79 Å². The van der Waals surface area contributed by atoms with Crippen LogP contribution in [0.1, 0.15) is 10.4 Å². The van der Waals surface area contributed by atoms with Crippen LogP contribution in [0.5, 0.6) is 11.5 Å². The third-order valence-corrected chi connectivity index (χ3v) is 3.35. The van der Waals surface area contributed by atoms with Crippen LogP contribution in [-0.4, -0.2) is 45.9 Å². The van der Waals surface area contributed by atoms with Gasteiger partial charge in [-0.1, -0.05) is 0 Å². The summed E-state index contributed by atoms with van der Waals surface area (Å²) in [6.45, 7) is 0.401. The zero-order valence-electron chi connectivity index (χ0n) is 14.7. The predicted octanol–water partition coefficient (Wildman–Crippen LogP) is 2.52. The summed E-state index contributed by atoms with van der Waals surface area (Å²) in [5.41, 5.74) is 0.954. The summed E-state index contributed by atoms with van der Waals surface area (Å²) in [4.78, 5) is 23.7. The molecule has 26 heavy (non-hydrogen) atoms. The number of nitrogens with one attached hydrogen (secondary N) is 1. The second kappa shape index (κ2) is 10.0. The first-order chi connectivity index (χ1) is 12.6. The minimum absolute atomic E-state index is 0.132. The van der Waals surface area contributed by atoms with Crippen molar-refractivity contribution < 1.29 is 28.5 Å². The summed E-state index contributed by atoms with van der Waals surface area (Å²) in [5, 5.41) is 2.69. The first-order valence-electron chi connectivity index (χ1n) is 7.95. The first kappa shape index (κ1) is 19.3. The second-order valence-electron chi connectivity index (χ2n) is 5.22. The highest BCUT2D eigenvalue weighted by molar-refractivity contribution is 5.93. The summed E-state index contributed by atoms with van der Waals surface area (Å²) < 4.78 is 20.3. The molecule has 7 heteroatoms. The SMILES string of the molecule is COCCOC(=O)c1ccc(NC(=O)COc2ccc(OC)cc2)cc1. The van der Waals surface area contributed by atoms with E-state index in [0.29, 0.717) is 29.4 Å². The van der Waals surface area contributed by atoms with Gasteiger partial charge in [0.2, 0.25) is 0 Å². The van der Waals surface area contributed by atoms with Gasteiger partial charge in [0.05, 0.1) is 19.3 Å². The summed E-state index contributed by atoms with van der Waals surface area (Å²) in [6, 6.07) is 13.3. The normalized spacial score (nSPS) is 10.1. The number of hydrogen-bond acceptors (Lipinski definition) is 6. The molecule has 0 saturated heterocycles. The van der Waals surface area contributed by atoms with Crippen molar-refractivity contribution in [3.8, 4) is 11.5 Å². The summed E-state index contributed by atoms with van der Waals surface area (Å²) in [7, 11) is 3.11. The van der Waals surface area contributed by atoms with E-state index in [1.165, 1.54) is 7.11 Å². The number of esters is 1. The number of rotatable bonds is 9. The van der Waals surface area contributed by atoms with Gasteiger partial charge in [0.25, 0.3) is 5.91 Å². The van der Waals surface area contributed by atoms with Crippen LogP contribution in [0.2, 0.25) is 0 Å². The minimum atomic E-state index is -0.442. The van der Waals surface area contributed by atoms with Crippen molar-refractivity contribution in [1.82, 2.24) is 0 Å². The van der Waals surface area contributed by atoms with Crippen molar-refractivity contribution in [1.29, 1.82) is 0 Å². The Morgan fingerprint density at radius 2 is 1.54 bits per heavy atom. The van der Waals surface area contributed by atoms with Crippen molar-refractivity contribution in [2.45, 2.75) is 0 Å². The lowest BCUT2D eigenvalue weighted by molar-refractivity contribution is -0.118. The largest absolute Gasteiger partial charge is 0.497 e. The molecule has 0 fully saturated rings. The molecule has 1 N–H and O–H groups in total. The average Bonchev–Trinajstić information content (AvgIpc) is 2.67. The quantitative estimate of drug-likeness (QED) is 0.547. The first-order valence-corrected chi connectivity index (χ1v) is 7.95. The molecule has 0 spiro atoms. The van der Waals surface area contributed by atoms with Crippen LogP contribution < -0.4 is 14.8 Å². The molecule has 0 heterocycles. The molecule has 0 unspecified atom stereocenters. The maximum atomic E-state index is 11.9. The molecule has 0 saturated carbocycles. The highest BCUT2D eigenvalue weighted by Gasteiger charge is 2.08. The number of ether oxygens (including phenoxy) is 4. The molecule has 0 radical (unpaired) electrons. The summed E-state index contributed by atoms with van der Waals surface area (Å²) in [6.07, 6.45) is 0. The molecule has 0 aliphatic heterocycles. The van der Waals surface area contributed by atoms with E-state index in [-0.39, 0.29) is 19.1 Å². The lowest BCUT2D eigenvalue weighted by atomic mass is 10.2. The van der Waals surface area contributed by atoms with Crippen LogP contribution in [0.15, 0.2) is 48.5 Å². The third kappa shape index (κ3) is 6.10. The number of carbonyl (C=O) groups is 2. The van der Waals surface area contributed by atoms with E-state index in [1.54, 1.807) is 55.6 Å². The maximum Gasteiger partial charge on any atom is 0.338 e. The molecule has 7 nitrogen and oxygen atoms in total. The maximum absolute atomic E-state index is 11.9. The Labute approximate surface area is 151 Å². The Morgan fingerprint density at radius 3 is 2.15 bits per heavy atom. The topological polar surface area (TPSA) is 83.1 Å². The van der Waals surface area contributed by atoms with Gasteiger partial charge >= 0.3 is 5.97 Å². The van der Waals surface area contributed by atoms with E-state index >= 15 is 0 Å². The molecule has 0 aromatic heterocycles. The van der Waals surface area contributed by atoms with E-state index in [2.05, 4.69) is 5.32 Å². The Hall–Kier alpha value is -3.06. The standard InChI is InChI=1S/C19H21NO6/c1-23-11-12-25-19(22)14-3-5-15(6-4-14)20-18(21)13-26-17-9-7-16(24-2)8-10-17/h3-10H,11-13H2,1-2H3,(H,20,21). The fourth-order valence-corrected chi connectivity index (χ4v) is 2.01. The van der Waals surface area contributed by atoms with Gasteiger partial charge in [-0.2, -0.15) is 0 Å². The number of benzene rings is 2. The highest BCUT2D eigenvalue weighted by Crippen LogP contribution is 2.17. The molecule has 0 aliphatic rings. The predicted molar refractivity (Wildman–Crippen MR) is 95.7 cm³/mol. The van der Waals surface area contributed by atoms with Gasteiger partial charge in [-0.15, -0.1) is 0 Å². The number of hydrogen-bond donors (Lipinski definition) is 1. The Morgan fingerprint density at radius 1 is 0.885 bits per heavy atom. The van der Waals surface area contributed by atoms with Crippen molar-refractivity contribution >= 4 is 17.6 Å². The van der Waals surface area contributed by atoms with Gasteiger partial charge in [0.1, 0.15) is 18.1 Å². The van der Waals surface area contributed by atoms with Gasteiger partial charge in [0, 0.05) is 12.8 Å². The van der Waals surface area contributed by atoms with Gasteiger partial charge in [-0.3, -0.25) is 4.79 Å². The molecule has 138 valence electrons. The van der Waals surface area contributed by atoms with Crippen LogP contribution in [0, 0.1) is 0 Å². The molecule has 0 aliphatic carbocycles. The molecule has 2 aromatic rings. The van der Waals surface area contributed by atoms with E-state index in [1.807, 2.05) is 0 Å². The zero-order valence-corrected chi connectivity index (χ0v) is 14.7. The number of carbonyl (C=O) groups excluding carboxylic acids is 2. The number of methoxy groups -OCH3 is 2. The Kier molecular flexibility index (Phi) is 7.45. The average molecular weight is 359 g/mol. The van der Waals surface area contributed by atoms with E-state index in [9.17, 15) is 9.59 Å². The van der Waals surface area contributed by atoms with Gasteiger partial charge in [-0.05, 0) is 48.5 Å². The molecular weight excluding hydrogens is 338 g/mol. The summed E-state index contributed by atoms with van der Waals surface area (Å²) in [5.74, 6) is 0.525. The monoisotopic (exact) mass is 359 g/mol. The van der Waals surface area contributed by atoms with Crippen LogP contribution in [0.25, 0.3) is 0 Å². The zero-order chi connectivity index (χ0) is 18.8. The van der Waals surface area contributed by atoms with Crippen molar-refractivity contribution in [3.63, 3.8) is 0 Å². The van der Waals surface area contributed by atoms with Crippen LogP contribution in [0.3, 0.4) is 0 Å². The van der Waals surface area contributed by atoms with Gasteiger partial charge < -0.3 is 24.3 Å².